The number of hydrogen-bond donors (Lipinski definition) is 3. The summed E-state index contributed by atoms with van der Waals surface area (Å²) < 4.78 is 0. The number of rotatable bonds is 7. The first-order chi connectivity index (χ1) is 9.36. The van der Waals surface area contributed by atoms with Gasteiger partial charge in [0.15, 0.2) is 5.28 Å². The Morgan fingerprint density at radius 3 is 1.61 bits per heavy atom. The Bertz CT molecular complexity index is 442. The molecule has 114 valence electrons. The second-order valence-electron chi connectivity index (χ2n) is 3.58. The molecule has 0 fully saturated rings. The van der Waals surface area contributed by atoms with Gasteiger partial charge in [-0.2, -0.15) is 0 Å². The first kappa shape index (κ1) is 32.8. The molecule has 1 atom stereocenters. The van der Waals surface area contributed by atoms with Crippen molar-refractivity contribution in [3.63, 3.8) is 0 Å². The zero-order valence-electron chi connectivity index (χ0n) is 13.6. The van der Waals surface area contributed by atoms with Crippen molar-refractivity contribution in [2.24, 2.45) is 15.8 Å². The summed E-state index contributed by atoms with van der Waals surface area (Å²) in [6, 6.07) is -1.73. The molecule has 3 N–H and O–H groups in total. The summed E-state index contributed by atoms with van der Waals surface area (Å²) in [7, 11) is 0. The predicted octanol–water partition coefficient (Wildman–Crippen LogP) is -8.49. The number of ketones is 1. The fraction of sp³-hybridized carbons (Fsp3) is 0.857. The molecule has 0 saturated carbocycles. The van der Waals surface area contributed by atoms with E-state index in [-0.39, 0.29) is 161 Å². The van der Waals surface area contributed by atoms with Crippen molar-refractivity contribution in [2.45, 2.75) is 38.4 Å². The van der Waals surface area contributed by atoms with Crippen LogP contribution in [0.3, 0.4) is 0 Å². The van der Waals surface area contributed by atoms with Crippen molar-refractivity contribution in [2.75, 3.05) is 0 Å². The van der Waals surface area contributed by atoms with Gasteiger partial charge in [-0.3, -0.25) is 4.79 Å². The van der Waals surface area contributed by atoms with Gasteiger partial charge in [0.2, 0.25) is 10.6 Å². The Morgan fingerprint density at radius 2 is 1.39 bits per heavy atom. The van der Waals surface area contributed by atoms with Crippen LogP contribution in [0.1, 0.15) is 26.7 Å². The van der Waals surface area contributed by atoms with Gasteiger partial charge in [0.25, 0.3) is 6.04 Å². The van der Waals surface area contributed by atoms with Crippen LogP contribution in [0.15, 0.2) is 15.8 Å². The molecule has 1 unspecified atom stereocenters. The maximum Gasteiger partial charge on any atom is 1.00 e. The van der Waals surface area contributed by atoms with Gasteiger partial charge in [0.05, 0.1) is 6.42 Å². The quantitative estimate of drug-likeness (QED) is 0.122. The number of nitrogens with zero attached hydrogens (tertiary/aromatic N) is 6. The van der Waals surface area contributed by atoms with Crippen LogP contribution in [0.5, 0.6) is 0 Å². The normalized spacial score (nSPS) is 16.0. The molecule has 0 bridgehead atoms. The van der Waals surface area contributed by atoms with E-state index in [0.29, 0.717) is 0 Å². The summed E-state index contributed by atoms with van der Waals surface area (Å²) in [5, 5.41) is 66.1. The van der Waals surface area contributed by atoms with Gasteiger partial charge in [-0.1, -0.05) is 13.8 Å². The van der Waals surface area contributed by atoms with Crippen LogP contribution >= 0.6 is 0 Å². The van der Waals surface area contributed by atoms with Crippen molar-refractivity contribution in [3.05, 3.63) is 15.6 Å². The summed E-state index contributed by atoms with van der Waals surface area (Å²) >= 11 is 0. The number of carbonyl (C=O) groups is 1. The minimum Gasteiger partial charge on any atom is -0.597 e. The summed E-state index contributed by atoms with van der Waals surface area (Å²) in [6.07, 6.45) is -0.810. The minimum absolute atomic E-state index is 0. The molecule has 0 aliphatic carbocycles. The summed E-state index contributed by atoms with van der Waals surface area (Å²) in [6.45, 7) is 2.53. The van der Waals surface area contributed by atoms with E-state index in [1.54, 1.807) is 0 Å². The first-order valence-corrected chi connectivity index (χ1v) is 5.37. The van der Waals surface area contributed by atoms with E-state index in [9.17, 15) is 20.4 Å². The molecule has 0 spiro atoms. The van der Waals surface area contributed by atoms with Gasteiger partial charge in [-0.25, -0.2) is 0 Å². The van der Waals surface area contributed by atoms with Crippen LogP contribution in [0.2, 0.25) is 0 Å². The summed E-state index contributed by atoms with van der Waals surface area (Å²) in [4.78, 5) is 10.4. The Hall–Kier alpha value is 2.18. The van der Waals surface area contributed by atoms with E-state index in [0.717, 1.165) is 0 Å². The number of hydroxylamine groups is 3. The van der Waals surface area contributed by atoms with Gasteiger partial charge >= 0.3 is 166 Å². The zero-order valence-corrected chi connectivity index (χ0v) is 23.0. The molecule has 0 radical (unpaired) electrons. The van der Waals surface area contributed by atoms with Gasteiger partial charge < -0.3 is 31.2 Å². The van der Waals surface area contributed by atoms with Crippen LogP contribution < -0.4 is 154 Å². The number of hydrogen-bond acceptors (Lipinski definition) is 7. The standard InChI is InChI=1S/C7H14N6O7.3K/c1-3-5(11(18)8-15)6(14)7(4-2,12(19)9-16)13(20)10-17;;;/h5,15-17H,3-4H2,1-2H3;;;/q;3*+1. The Morgan fingerprint density at radius 1 is 1.00 bits per heavy atom. The van der Waals surface area contributed by atoms with Crippen LogP contribution in [0, 0.1) is 15.6 Å². The molecule has 0 rings (SSSR count). The summed E-state index contributed by atoms with van der Waals surface area (Å²) in [5.41, 5.74) is -2.81. The predicted molar refractivity (Wildman–Crippen MR) is 55.6 cm³/mol. The smallest absolute Gasteiger partial charge is 0.597 e. The molecule has 0 aliphatic rings. The Labute approximate surface area is 258 Å². The minimum atomic E-state index is -2.81. The largest absolute Gasteiger partial charge is 1.00 e. The monoisotopic (exact) mass is 411 g/mol. The number of Topliss-reactive ketones (excluding diaryl/α,β-unsaturated/α-hetero) is 1. The molecule has 16 heteroatoms. The second-order valence-corrected chi connectivity index (χ2v) is 3.58. The Kier molecular flexibility index (Phi) is 23.3. The van der Waals surface area contributed by atoms with Gasteiger partial charge in [-0.05, 0) is 4.86 Å². The third-order valence-electron chi connectivity index (χ3n) is 2.73. The van der Waals surface area contributed by atoms with Crippen LogP contribution in [0.4, 0.5) is 0 Å². The topological polar surface area (TPSA) is 193 Å². The molecule has 0 saturated heterocycles. The molecule has 0 aromatic carbocycles. The SMILES string of the molecule is CCC(C(=O)C(CC)([N+]([O-])=NO)[N+]([O-])=NO)[N+]([O-])=NO.[K+].[K+].[K+]. The maximum atomic E-state index is 12.2. The maximum absolute atomic E-state index is 12.2. The van der Waals surface area contributed by atoms with Gasteiger partial charge in [0, 0.05) is 16.1 Å². The van der Waals surface area contributed by atoms with Crippen molar-refractivity contribution in [1.82, 2.24) is 0 Å². The van der Waals surface area contributed by atoms with Crippen molar-refractivity contribution < 1.29 is 189 Å². The van der Waals surface area contributed by atoms with E-state index in [1.165, 1.54) is 13.8 Å². The first-order valence-electron chi connectivity index (χ1n) is 5.37. The van der Waals surface area contributed by atoms with Gasteiger partial charge in [-0.15, -0.1) is 0 Å². The average Bonchev–Trinajstić information content (AvgIpc) is 2.48. The summed E-state index contributed by atoms with van der Waals surface area (Å²) in [5.74, 6) is -1.36. The average molecular weight is 412 g/mol. The fourth-order valence-corrected chi connectivity index (χ4v) is 1.63. The molecule has 0 aromatic heterocycles. The molecule has 0 heterocycles. The molecule has 0 aliphatic heterocycles. The zero-order chi connectivity index (χ0) is 15.9. The van der Waals surface area contributed by atoms with Crippen LogP contribution in [-0.2, 0) is 4.79 Å². The molecular weight excluding hydrogens is 397 g/mol. The van der Waals surface area contributed by atoms with E-state index in [1.807, 2.05) is 0 Å². The molecule has 23 heavy (non-hydrogen) atoms. The molecule has 0 amide bonds. The third-order valence-corrected chi connectivity index (χ3v) is 2.73. The molecule has 13 nitrogen and oxygen atoms in total. The third kappa shape index (κ3) is 7.75. The van der Waals surface area contributed by atoms with Crippen molar-refractivity contribution in [3.8, 4) is 0 Å². The Balaban J connectivity index is -0.000000602. The van der Waals surface area contributed by atoms with Crippen LogP contribution in [0.25, 0.3) is 0 Å². The van der Waals surface area contributed by atoms with E-state index >= 15 is 0 Å². The van der Waals surface area contributed by atoms with E-state index < -0.39 is 38.5 Å². The molecule has 0 aromatic rings. The fourth-order valence-electron chi connectivity index (χ4n) is 1.63. The van der Waals surface area contributed by atoms with Gasteiger partial charge in [0.1, 0.15) is 0 Å². The van der Waals surface area contributed by atoms with Crippen molar-refractivity contribution >= 4 is 5.78 Å². The van der Waals surface area contributed by atoms with Crippen LogP contribution in [-0.4, -0.2) is 47.7 Å². The number of carbonyl (C=O) groups excluding carboxylic acids is 1. The molecular formula is C7H14K3N6O7+3. The second kappa shape index (κ2) is 16.4. The van der Waals surface area contributed by atoms with E-state index in [2.05, 4.69) is 15.8 Å². The van der Waals surface area contributed by atoms with Crippen molar-refractivity contribution in [1.29, 1.82) is 0 Å². The van der Waals surface area contributed by atoms with E-state index in [4.69, 9.17) is 15.6 Å².